The number of benzene rings is 1. The van der Waals surface area contributed by atoms with Crippen LogP contribution in [-0.2, 0) is 9.59 Å². The third-order valence-electron chi connectivity index (χ3n) is 8.38. The molecule has 4 bridgehead atoms. The molecule has 0 spiro atoms. The molecule has 0 aromatic heterocycles. The number of halogens is 1. The first-order valence-electron chi connectivity index (χ1n) is 11.9. The molecule has 6 rings (SSSR count). The van der Waals surface area contributed by atoms with Crippen LogP contribution in [0.5, 0.6) is 0 Å². The number of carbonyl (C=O) groups is 2. The van der Waals surface area contributed by atoms with E-state index >= 15 is 0 Å². The van der Waals surface area contributed by atoms with Crippen LogP contribution in [0, 0.1) is 34.5 Å². The third kappa shape index (κ3) is 3.91. The molecular weight excluding hydrogens is 424 g/mol. The summed E-state index contributed by atoms with van der Waals surface area (Å²) in [5.41, 5.74) is 0.883. The van der Waals surface area contributed by atoms with Gasteiger partial charge in [0.25, 0.3) is 0 Å². The maximum absolute atomic E-state index is 13.6. The number of hydrogen-bond donors (Lipinski definition) is 1. The van der Waals surface area contributed by atoms with Gasteiger partial charge in [-0.3, -0.25) is 14.5 Å². The second kappa shape index (κ2) is 8.35. The van der Waals surface area contributed by atoms with E-state index in [1.165, 1.54) is 19.3 Å². The normalized spacial score (nSPS) is 32.4. The molecule has 6 nitrogen and oxygen atoms in total. The van der Waals surface area contributed by atoms with E-state index in [0.717, 1.165) is 37.0 Å². The van der Waals surface area contributed by atoms with Crippen molar-refractivity contribution in [1.29, 1.82) is 5.26 Å². The van der Waals surface area contributed by atoms with E-state index in [-0.39, 0.29) is 17.4 Å². The van der Waals surface area contributed by atoms with Gasteiger partial charge in [0.1, 0.15) is 6.07 Å². The van der Waals surface area contributed by atoms with Crippen molar-refractivity contribution >= 4 is 29.1 Å². The minimum atomic E-state index is -0.304. The Hall–Kier alpha value is -2.10. The molecule has 170 valence electrons. The second-order valence-corrected chi connectivity index (χ2v) is 10.9. The number of amides is 2. The number of rotatable bonds is 4. The fourth-order valence-corrected chi connectivity index (χ4v) is 7.34. The molecule has 1 heterocycles. The van der Waals surface area contributed by atoms with E-state index in [9.17, 15) is 9.59 Å². The van der Waals surface area contributed by atoms with E-state index in [4.69, 9.17) is 16.9 Å². The number of carbonyl (C=O) groups excluding carboxylic acids is 2. The summed E-state index contributed by atoms with van der Waals surface area (Å²) in [6, 6.07) is 6.62. The predicted molar refractivity (Wildman–Crippen MR) is 123 cm³/mol. The number of anilines is 1. The monoisotopic (exact) mass is 454 g/mol. The number of nitrogens with one attached hydrogen (secondary N) is 1. The van der Waals surface area contributed by atoms with Crippen molar-refractivity contribution in [1.82, 2.24) is 9.80 Å². The molecule has 1 unspecified atom stereocenters. The van der Waals surface area contributed by atoms with Gasteiger partial charge < -0.3 is 10.2 Å². The van der Waals surface area contributed by atoms with E-state index in [0.29, 0.717) is 48.4 Å². The summed E-state index contributed by atoms with van der Waals surface area (Å²) in [5.74, 6) is 2.59. The lowest BCUT2D eigenvalue weighted by atomic mass is 9.49. The molecule has 1 saturated heterocycles. The average molecular weight is 455 g/mol. The van der Waals surface area contributed by atoms with Crippen LogP contribution in [0.4, 0.5) is 5.69 Å². The van der Waals surface area contributed by atoms with Gasteiger partial charge in [-0.25, -0.2) is 0 Å². The molecule has 4 saturated carbocycles. The van der Waals surface area contributed by atoms with E-state index in [1.54, 1.807) is 18.2 Å². The lowest BCUT2D eigenvalue weighted by molar-refractivity contribution is -0.159. The first-order valence-corrected chi connectivity index (χ1v) is 12.3. The van der Waals surface area contributed by atoms with Crippen molar-refractivity contribution in [3.05, 3.63) is 28.8 Å². The Morgan fingerprint density at radius 2 is 1.69 bits per heavy atom. The third-order valence-corrected chi connectivity index (χ3v) is 8.69. The van der Waals surface area contributed by atoms with E-state index in [2.05, 4.69) is 15.1 Å². The number of nitrogens with zero attached hydrogens (tertiary/aromatic N) is 3. The van der Waals surface area contributed by atoms with Gasteiger partial charge in [0.15, 0.2) is 0 Å². The van der Waals surface area contributed by atoms with Crippen molar-refractivity contribution in [3.8, 4) is 6.07 Å². The van der Waals surface area contributed by atoms with Crippen molar-refractivity contribution in [2.24, 2.45) is 23.2 Å². The molecular formula is C25H31ClN4O2. The molecule has 1 aromatic rings. The minimum absolute atomic E-state index is 0.0885. The average Bonchev–Trinajstić information content (AvgIpc) is 2.77. The molecule has 0 radical (unpaired) electrons. The molecule has 2 amide bonds. The second-order valence-electron chi connectivity index (χ2n) is 10.5. The van der Waals surface area contributed by atoms with Gasteiger partial charge >= 0.3 is 0 Å². The van der Waals surface area contributed by atoms with Gasteiger partial charge in [-0.2, -0.15) is 5.26 Å². The Morgan fingerprint density at radius 3 is 2.22 bits per heavy atom. The fourth-order valence-electron chi connectivity index (χ4n) is 7.12. The summed E-state index contributed by atoms with van der Waals surface area (Å²) in [5, 5.41) is 12.2. The summed E-state index contributed by atoms with van der Waals surface area (Å²) < 4.78 is 0. The van der Waals surface area contributed by atoms with Crippen LogP contribution in [0.1, 0.15) is 51.0 Å². The summed E-state index contributed by atoms with van der Waals surface area (Å²) in [4.78, 5) is 30.6. The largest absolute Gasteiger partial charge is 0.340 e. The first kappa shape index (κ1) is 21.7. The summed E-state index contributed by atoms with van der Waals surface area (Å²) in [6.07, 6.45) is 7.34. The quantitative estimate of drug-likeness (QED) is 0.748. The van der Waals surface area contributed by atoms with Gasteiger partial charge in [-0.05, 0) is 81.4 Å². The zero-order valence-electron chi connectivity index (χ0n) is 18.6. The van der Waals surface area contributed by atoms with E-state index in [1.807, 2.05) is 13.0 Å². The topological polar surface area (TPSA) is 76.4 Å². The molecule has 5 fully saturated rings. The van der Waals surface area contributed by atoms with Crippen molar-refractivity contribution < 1.29 is 9.59 Å². The van der Waals surface area contributed by atoms with Crippen LogP contribution < -0.4 is 5.32 Å². The highest BCUT2D eigenvalue weighted by molar-refractivity contribution is 6.32. The van der Waals surface area contributed by atoms with Gasteiger partial charge in [0, 0.05) is 31.9 Å². The lowest BCUT2D eigenvalue weighted by Gasteiger charge is -2.57. The maximum atomic E-state index is 13.6. The van der Waals surface area contributed by atoms with Gasteiger partial charge in [-0.15, -0.1) is 0 Å². The number of piperazine rings is 1. The Morgan fingerprint density at radius 1 is 1.09 bits per heavy atom. The van der Waals surface area contributed by atoms with Crippen molar-refractivity contribution in [3.63, 3.8) is 0 Å². The Labute approximate surface area is 194 Å². The smallest absolute Gasteiger partial charge is 0.241 e. The van der Waals surface area contributed by atoms with Gasteiger partial charge in [0.2, 0.25) is 11.8 Å². The molecule has 1 N–H and O–H groups in total. The maximum Gasteiger partial charge on any atom is 0.241 e. The zero-order valence-corrected chi connectivity index (χ0v) is 19.4. The molecule has 1 aliphatic heterocycles. The summed E-state index contributed by atoms with van der Waals surface area (Å²) in [7, 11) is 0. The predicted octanol–water partition coefficient (Wildman–Crippen LogP) is 3.90. The molecule has 5 aliphatic rings. The molecule has 1 aromatic carbocycles. The summed E-state index contributed by atoms with van der Waals surface area (Å²) in [6.45, 7) is 4.71. The Bertz CT molecular complexity index is 928. The van der Waals surface area contributed by atoms with Crippen LogP contribution in [0.2, 0.25) is 5.02 Å². The fraction of sp³-hybridized carbons (Fsp3) is 0.640. The number of nitriles is 1. The Balaban J connectivity index is 1.17. The molecule has 32 heavy (non-hydrogen) atoms. The SMILES string of the molecule is CC(C(=O)Nc1ccc(C#N)c(Cl)c1)N1CCN(C(=O)C23CC4CC(CC(C4)C2)C3)CC1. The number of hydrogen-bond acceptors (Lipinski definition) is 4. The minimum Gasteiger partial charge on any atom is -0.340 e. The highest BCUT2D eigenvalue weighted by Crippen LogP contribution is 2.60. The highest BCUT2D eigenvalue weighted by atomic mass is 35.5. The van der Waals surface area contributed by atoms with Crippen LogP contribution in [0.25, 0.3) is 0 Å². The lowest BCUT2D eigenvalue weighted by Crippen LogP contribution is -2.59. The molecule has 4 aliphatic carbocycles. The van der Waals surface area contributed by atoms with Crippen molar-refractivity contribution in [2.75, 3.05) is 31.5 Å². The summed E-state index contributed by atoms with van der Waals surface area (Å²) >= 11 is 6.08. The van der Waals surface area contributed by atoms with Crippen LogP contribution in [0.15, 0.2) is 18.2 Å². The van der Waals surface area contributed by atoms with Gasteiger partial charge in [0.05, 0.1) is 22.0 Å². The van der Waals surface area contributed by atoms with Gasteiger partial charge in [-0.1, -0.05) is 11.6 Å². The Kier molecular flexibility index (Phi) is 5.67. The van der Waals surface area contributed by atoms with Crippen LogP contribution in [-0.4, -0.2) is 53.8 Å². The molecule has 1 atom stereocenters. The molecule has 7 heteroatoms. The van der Waals surface area contributed by atoms with Crippen LogP contribution in [0.3, 0.4) is 0 Å². The first-order chi connectivity index (χ1) is 15.4. The van der Waals surface area contributed by atoms with Crippen LogP contribution >= 0.6 is 11.6 Å². The van der Waals surface area contributed by atoms with Crippen molar-refractivity contribution in [2.45, 2.75) is 51.5 Å². The van der Waals surface area contributed by atoms with E-state index < -0.39 is 0 Å². The zero-order chi connectivity index (χ0) is 22.5. The highest BCUT2D eigenvalue weighted by Gasteiger charge is 2.55. The standard InChI is InChI=1S/C25H31ClN4O2/c1-16(23(31)28-21-3-2-20(15-27)22(26)11-21)29-4-6-30(7-5-29)24(32)25-12-17-8-18(13-25)10-19(9-17)14-25/h2-3,11,16-19H,4-10,12-14H2,1H3,(H,28,31).